The van der Waals surface area contributed by atoms with Crippen LogP contribution in [0.3, 0.4) is 0 Å². The Kier molecular flexibility index (Phi) is 6.42. The highest BCUT2D eigenvalue weighted by Gasteiger charge is 2.52. The molecule has 0 radical (unpaired) electrons. The zero-order chi connectivity index (χ0) is 21.2. The molecule has 1 unspecified atom stereocenters. The van der Waals surface area contributed by atoms with E-state index >= 15 is 0 Å². The summed E-state index contributed by atoms with van der Waals surface area (Å²) >= 11 is 13.0. The van der Waals surface area contributed by atoms with Gasteiger partial charge in [-0.15, -0.1) is 0 Å². The summed E-state index contributed by atoms with van der Waals surface area (Å²) in [6.45, 7) is 3.66. The maximum atomic E-state index is 12.2. The standard InChI is InChI=1S/C20H21Cl2N3O4/c1-3-6-20-7-5-11(26)8-13(20)16-12(19(20)24-25-23)9-14(17(21)18(16)22)29-10-15(27)28-4-2/h8-9,19H,3-7,10H2,1-2H3/t19?,20-/m1/s1. The molecule has 0 bridgehead atoms. The first kappa shape index (κ1) is 21.5. The SMILES string of the molecule is CCC[C@@]12CCC(=O)C=C1c1c(cc(OCC(=O)OCC)c(Cl)c1Cl)C2N=[N+]=[N-]. The summed E-state index contributed by atoms with van der Waals surface area (Å²) < 4.78 is 10.4. The average Bonchev–Trinajstić information content (AvgIpc) is 2.94. The fraction of sp³-hybridized carbons (Fsp3) is 0.500. The minimum atomic E-state index is -0.540. The third-order valence-electron chi connectivity index (χ3n) is 5.46. The maximum absolute atomic E-state index is 12.2. The molecule has 0 aromatic heterocycles. The fourth-order valence-corrected chi connectivity index (χ4v) is 4.89. The normalized spacial score (nSPS) is 22.3. The third-order valence-corrected chi connectivity index (χ3v) is 6.31. The second-order valence-electron chi connectivity index (χ2n) is 7.10. The van der Waals surface area contributed by atoms with Crippen LogP contribution in [-0.4, -0.2) is 25.0 Å². The van der Waals surface area contributed by atoms with E-state index in [0.717, 1.165) is 18.4 Å². The van der Waals surface area contributed by atoms with E-state index < -0.39 is 17.4 Å². The molecule has 1 aromatic carbocycles. The van der Waals surface area contributed by atoms with Crippen molar-refractivity contribution < 1.29 is 19.1 Å². The summed E-state index contributed by atoms with van der Waals surface area (Å²) in [6.07, 6.45) is 4.13. The lowest BCUT2D eigenvalue weighted by atomic mass is 9.68. The van der Waals surface area contributed by atoms with Crippen LogP contribution in [0.15, 0.2) is 17.3 Å². The van der Waals surface area contributed by atoms with E-state index in [9.17, 15) is 15.1 Å². The van der Waals surface area contributed by atoms with Gasteiger partial charge in [0.25, 0.3) is 0 Å². The highest BCUT2D eigenvalue weighted by molar-refractivity contribution is 6.44. The summed E-state index contributed by atoms with van der Waals surface area (Å²) in [7, 11) is 0. The van der Waals surface area contributed by atoms with Crippen molar-refractivity contribution in [2.24, 2.45) is 10.5 Å². The van der Waals surface area contributed by atoms with E-state index in [-0.39, 0.29) is 34.8 Å². The molecule has 0 amide bonds. The van der Waals surface area contributed by atoms with Gasteiger partial charge in [-0.25, -0.2) is 4.79 Å². The molecule has 0 heterocycles. The minimum Gasteiger partial charge on any atom is -0.480 e. The van der Waals surface area contributed by atoms with Crippen LogP contribution in [0.4, 0.5) is 0 Å². The zero-order valence-electron chi connectivity index (χ0n) is 16.2. The molecule has 0 fully saturated rings. The average molecular weight is 438 g/mol. The Labute approximate surface area is 178 Å². The number of benzene rings is 1. The number of fused-ring (bicyclic) bond motifs is 3. The number of esters is 1. The van der Waals surface area contributed by atoms with Crippen molar-refractivity contribution in [1.82, 2.24) is 0 Å². The van der Waals surface area contributed by atoms with E-state index in [1.165, 1.54) is 0 Å². The number of halogens is 2. The predicted molar refractivity (Wildman–Crippen MR) is 110 cm³/mol. The number of ketones is 1. The quantitative estimate of drug-likeness (QED) is 0.231. The second kappa shape index (κ2) is 8.66. The van der Waals surface area contributed by atoms with Gasteiger partial charge in [0.05, 0.1) is 17.7 Å². The van der Waals surface area contributed by atoms with Gasteiger partial charge in [-0.05, 0) is 48.6 Å². The lowest BCUT2D eigenvalue weighted by molar-refractivity contribution is -0.145. The van der Waals surface area contributed by atoms with Crippen molar-refractivity contribution in [2.75, 3.05) is 13.2 Å². The van der Waals surface area contributed by atoms with Crippen LogP contribution in [0.5, 0.6) is 5.75 Å². The maximum Gasteiger partial charge on any atom is 0.344 e. The molecule has 0 aliphatic heterocycles. The molecule has 0 saturated carbocycles. The van der Waals surface area contributed by atoms with E-state index in [2.05, 4.69) is 10.0 Å². The Morgan fingerprint density at radius 2 is 2.14 bits per heavy atom. The van der Waals surface area contributed by atoms with Gasteiger partial charge in [-0.1, -0.05) is 41.7 Å². The Hall–Kier alpha value is -2.21. The number of allylic oxidation sites excluding steroid dienone is 1. The Balaban J connectivity index is 2.15. The van der Waals surface area contributed by atoms with Gasteiger partial charge >= 0.3 is 5.97 Å². The molecule has 2 aliphatic rings. The molecule has 0 N–H and O–H groups in total. The molecule has 2 atom stereocenters. The summed E-state index contributed by atoms with van der Waals surface area (Å²) in [4.78, 5) is 26.9. The first-order valence-electron chi connectivity index (χ1n) is 9.49. The van der Waals surface area contributed by atoms with Crippen LogP contribution in [0, 0.1) is 5.41 Å². The lowest BCUT2D eigenvalue weighted by Crippen LogP contribution is -2.28. The van der Waals surface area contributed by atoms with Crippen LogP contribution in [0.25, 0.3) is 16.0 Å². The summed E-state index contributed by atoms with van der Waals surface area (Å²) in [5, 5.41) is 4.44. The lowest BCUT2D eigenvalue weighted by Gasteiger charge is -2.37. The molecule has 29 heavy (non-hydrogen) atoms. The summed E-state index contributed by atoms with van der Waals surface area (Å²) in [6, 6.07) is 1.12. The van der Waals surface area contributed by atoms with E-state index in [4.69, 9.17) is 32.7 Å². The van der Waals surface area contributed by atoms with E-state index in [0.29, 0.717) is 24.0 Å². The van der Waals surface area contributed by atoms with Crippen LogP contribution >= 0.6 is 23.2 Å². The monoisotopic (exact) mass is 437 g/mol. The zero-order valence-corrected chi connectivity index (χ0v) is 17.7. The number of carbonyl (C=O) groups excluding carboxylic acids is 2. The molecule has 2 aliphatic carbocycles. The highest BCUT2D eigenvalue weighted by atomic mass is 35.5. The van der Waals surface area contributed by atoms with Gasteiger partial charge in [0.1, 0.15) is 10.8 Å². The third kappa shape index (κ3) is 3.70. The van der Waals surface area contributed by atoms with Crippen molar-refractivity contribution in [3.8, 4) is 5.75 Å². The number of hydrogen-bond donors (Lipinski definition) is 0. The van der Waals surface area contributed by atoms with Gasteiger partial charge in [-0.2, -0.15) is 0 Å². The van der Waals surface area contributed by atoms with Crippen molar-refractivity contribution in [3.05, 3.63) is 43.8 Å². The molecule has 0 spiro atoms. The smallest absolute Gasteiger partial charge is 0.344 e. The van der Waals surface area contributed by atoms with Crippen molar-refractivity contribution >= 4 is 40.5 Å². The van der Waals surface area contributed by atoms with Crippen LogP contribution < -0.4 is 4.74 Å². The molecular formula is C20H21Cl2N3O4. The fourth-order valence-electron chi connectivity index (χ4n) is 4.38. The van der Waals surface area contributed by atoms with Gasteiger partial charge in [-0.3, -0.25) is 4.79 Å². The van der Waals surface area contributed by atoms with E-state index in [1.807, 2.05) is 6.92 Å². The Morgan fingerprint density at radius 1 is 1.38 bits per heavy atom. The van der Waals surface area contributed by atoms with Crippen molar-refractivity contribution in [3.63, 3.8) is 0 Å². The summed E-state index contributed by atoms with van der Waals surface area (Å²) in [5.74, 6) is -0.316. The predicted octanol–water partition coefficient (Wildman–Crippen LogP) is 5.83. The number of carbonyl (C=O) groups is 2. The van der Waals surface area contributed by atoms with E-state index in [1.54, 1.807) is 19.1 Å². The number of azide groups is 1. The topological polar surface area (TPSA) is 101 Å². The second-order valence-corrected chi connectivity index (χ2v) is 7.85. The first-order chi connectivity index (χ1) is 13.9. The number of hydrogen-bond acceptors (Lipinski definition) is 5. The molecule has 1 aromatic rings. The number of rotatable bonds is 7. The highest BCUT2D eigenvalue weighted by Crippen LogP contribution is 2.64. The minimum absolute atomic E-state index is 0.00842. The van der Waals surface area contributed by atoms with Gasteiger partial charge in [0.15, 0.2) is 12.4 Å². The molecule has 7 nitrogen and oxygen atoms in total. The Morgan fingerprint density at radius 3 is 2.79 bits per heavy atom. The molecule has 3 rings (SSSR count). The van der Waals surface area contributed by atoms with Gasteiger partial charge in [0, 0.05) is 22.3 Å². The summed E-state index contributed by atoms with van der Waals surface area (Å²) in [5.41, 5.74) is 10.8. The molecule has 9 heteroatoms. The van der Waals surface area contributed by atoms with Crippen LogP contribution in [0.1, 0.15) is 56.7 Å². The van der Waals surface area contributed by atoms with Crippen molar-refractivity contribution in [2.45, 2.75) is 45.6 Å². The number of ether oxygens (including phenoxy) is 2. The molecule has 0 saturated heterocycles. The molecular weight excluding hydrogens is 417 g/mol. The molecule has 154 valence electrons. The Bertz CT molecular complexity index is 940. The van der Waals surface area contributed by atoms with Gasteiger partial charge < -0.3 is 9.47 Å². The largest absolute Gasteiger partial charge is 0.480 e. The van der Waals surface area contributed by atoms with Gasteiger partial charge in [0.2, 0.25) is 0 Å². The van der Waals surface area contributed by atoms with Crippen LogP contribution in [-0.2, 0) is 14.3 Å². The van der Waals surface area contributed by atoms with Crippen LogP contribution in [0.2, 0.25) is 10.0 Å². The first-order valence-corrected chi connectivity index (χ1v) is 10.2. The van der Waals surface area contributed by atoms with Crippen molar-refractivity contribution in [1.29, 1.82) is 0 Å². The number of nitrogens with zero attached hydrogens (tertiary/aromatic N) is 3.